The Morgan fingerprint density at radius 2 is 1.87 bits per heavy atom. The molecule has 0 saturated heterocycles. The fourth-order valence-electron chi connectivity index (χ4n) is 2.83. The van der Waals surface area contributed by atoms with Crippen LogP contribution in [0.5, 0.6) is 5.75 Å². The molecule has 158 valence electrons. The summed E-state index contributed by atoms with van der Waals surface area (Å²) in [7, 11) is 1.59. The molecule has 30 heavy (non-hydrogen) atoms. The standard InChI is InChI=1S/C22H25FN4O2S/c1-3-4-13-27-20(14-24-21(28)17-7-11-19(29-2)12-8-17)25-26-22(27)30-15-16-5-9-18(23)10-6-16/h5-12H,3-4,13-15H2,1-2H3,(H,24,28). The highest BCUT2D eigenvalue weighted by atomic mass is 32.2. The van der Waals surface area contributed by atoms with Crippen LogP contribution in [0.4, 0.5) is 4.39 Å². The van der Waals surface area contributed by atoms with Crippen LogP contribution in [0.2, 0.25) is 0 Å². The lowest BCUT2D eigenvalue weighted by Gasteiger charge is -2.11. The molecule has 0 saturated carbocycles. The molecule has 0 aliphatic carbocycles. The summed E-state index contributed by atoms with van der Waals surface area (Å²) in [6.07, 6.45) is 2.03. The number of rotatable bonds is 10. The summed E-state index contributed by atoms with van der Waals surface area (Å²) in [6.45, 7) is 3.20. The smallest absolute Gasteiger partial charge is 0.251 e. The van der Waals surface area contributed by atoms with Crippen LogP contribution in [-0.2, 0) is 18.8 Å². The predicted octanol–water partition coefficient (Wildman–Crippen LogP) is 4.45. The topological polar surface area (TPSA) is 69.0 Å². The molecule has 0 aliphatic rings. The summed E-state index contributed by atoms with van der Waals surface area (Å²) in [5.74, 6) is 1.66. The van der Waals surface area contributed by atoms with Gasteiger partial charge in [0.05, 0.1) is 13.7 Å². The lowest BCUT2D eigenvalue weighted by molar-refractivity contribution is 0.0949. The molecular weight excluding hydrogens is 403 g/mol. The van der Waals surface area contributed by atoms with E-state index in [0.29, 0.717) is 29.4 Å². The van der Waals surface area contributed by atoms with Crippen LogP contribution in [0.15, 0.2) is 53.7 Å². The Bertz CT molecular complexity index is 958. The predicted molar refractivity (Wildman–Crippen MR) is 115 cm³/mol. The third kappa shape index (κ3) is 5.82. The molecule has 0 unspecified atom stereocenters. The van der Waals surface area contributed by atoms with E-state index in [-0.39, 0.29) is 11.7 Å². The van der Waals surface area contributed by atoms with Crippen molar-refractivity contribution in [1.82, 2.24) is 20.1 Å². The van der Waals surface area contributed by atoms with Gasteiger partial charge in [-0.05, 0) is 48.4 Å². The van der Waals surface area contributed by atoms with Gasteiger partial charge in [0, 0.05) is 17.9 Å². The minimum absolute atomic E-state index is 0.178. The van der Waals surface area contributed by atoms with Gasteiger partial charge < -0.3 is 14.6 Å². The Morgan fingerprint density at radius 3 is 2.53 bits per heavy atom. The Kier molecular flexibility index (Phi) is 7.84. The second-order valence-corrected chi connectivity index (χ2v) is 7.67. The molecular formula is C22H25FN4O2S. The Labute approximate surface area is 179 Å². The minimum atomic E-state index is -0.246. The number of carbonyl (C=O) groups is 1. The summed E-state index contributed by atoms with van der Waals surface area (Å²) in [6, 6.07) is 13.4. The molecule has 0 fully saturated rings. The van der Waals surface area contributed by atoms with Gasteiger partial charge in [-0.1, -0.05) is 37.2 Å². The number of aromatic nitrogens is 3. The van der Waals surface area contributed by atoms with E-state index in [0.717, 1.165) is 30.1 Å². The zero-order valence-electron chi connectivity index (χ0n) is 17.1. The van der Waals surface area contributed by atoms with Gasteiger partial charge in [0.1, 0.15) is 11.6 Å². The third-order valence-corrected chi connectivity index (χ3v) is 5.61. The Morgan fingerprint density at radius 1 is 1.13 bits per heavy atom. The quantitative estimate of drug-likeness (QED) is 0.483. The zero-order valence-corrected chi connectivity index (χ0v) is 17.9. The van der Waals surface area contributed by atoms with E-state index in [1.54, 1.807) is 55.3 Å². The number of amides is 1. The number of thioether (sulfide) groups is 1. The number of ether oxygens (including phenoxy) is 1. The van der Waals surface area contributed by atoms with Gasteiger partial charge in [-0.3, -0.25) is 4.79 Å². The van der Waals surface area contributed by atoms with Gasteiger partial charge in [-0.15, -0.1) is 10.2 Å². The molecule has 0 atom stereocenters. The van der Waals surface area contributed by atoms with Crippen LogP contribution in [0.1, 0.15) is 41.5 Å². The first-order valence-electron chi connectivity index (χ1n) is 9.82. The van der Waals surface area contributed by atoms with Gasteiger partial charge in [0.25, 0.3) is 5.91 Å². The van der Waals surface area contributed by atoms with Crippen molar-refractivity contribution in [1.29, 1.82) is 0 Å². The molecule has 2 aromatic carbocycles. The normalized spacial score (nSPS) is 10.8. The van der Waals surface area contributed by atoms with Gasteiger partial charge in [0.15, 0.2) is 11.0 Å². The van der Waals surface area contributed by atoms with E-state index in [4.69, 9.17) is 4.74 Å². The number of carbonyl (C=O) groups excluding carboxylic acids is 1. The second kappa shape index (κ2) is 10.8. The number of unbranched alkanes of at least 4 members (excludes halogenated alkanes) is 1. The van der Waals surface area contributed by atoms with E-state index in [9.17, 15) is 9.18 Å². The number of hydrogen-bond donors (Lipinski definition) is 1. The van der Waals surface area contributed by atoms with Crippen LogP contribution >= 0.6 is 11.8 Å². The van der Waals surface area contributed by atoms with E-state index in [2.05, 4.69) is 22.4 Å². The molecule has 0 bridgehead atoms. The number of methoxy groups -OCH3 is 1. The maximum Gasteiger partial charge on any atom is 0.251 e. The van der Waals surface area contributed by atoms with Crippen molar-refractivity contribution in [3.05, 3.63) is 71.3 Å². The van der Waals surface area contributed by atoms with E-state index < -0.39 is 0 Å². The summed E-state index contributed by atoms with van der Waals surface area (Å²) in [4.78, 5) is 12.4. The SMILES string of the molecule is CCCCn1c(CNC(=O)c2ccc(OC)cc2)nnc1SCc1ccc(F)cc1. The highest BCUT2D eigenvalue weighted by molar-refractivity contribution is 7.98. The van der Waals surface area contributed by atoms with Crippen molar-refractivity contribution in [3.8, 4) is 5.75 Å². The second-order valence-electron chi connectivity index (χ2n) is 6.73. The number of benzene rings is 2. The van der Waals surface area contributed by atoms with E-state index in [1.165, 1.54) is 12.1 Å². The lowest BCUT2D eigenvalue weighted by Crippen LogP contribution is -2.25. The van der Waals surface area contributed by atoms with Crippen molar-refractivity contribution in [3.63, 3.8) is 0 Å². The first-order chi connectivity index (χ1) is 14.6. The largest absolute Gasteiger partial charge is 0.497 e. The van der Waals surface area contributed by atoms with Gasteiger partial charge in [0.2, 0.25) is 0 Å². The molecule has 1 amide bonds. The molecule has 0 spiro atoms. The molecule has 8 heteroatoms. The fraction of sp³-hybridized carbons (Fsp3) is 0.318. The monoisotopic (exact) mass is 428 g/mol. The van der Waals surface area contributed by atoms with Crippen LogP contribution in [-0.4, -0.2) is 27.8 Å². The average Bonchev–Trinajstić information content (AvgIpc) is 3.17. The Balaban J connectivity index is 1.65. The average molecular weight is 429 g/mol. The van der Waals surface area contributed by atoms with Crippen molar-refractivity contribution < 1.29 is 13.9 Å². The maximum absolute atomic E-state index is 13.1. The van der Waals surface area contributed by atoms with Crippen molar-refractivity contribution in [2.24, 2.45) is 0 Å². The number of nitrogens with one attached hydrogen (secondary N) is 1. The molecule has 0 aliphatic heterocycles. The highest BCUT2D eigenvalue weighted by Gasteiger charge is 2.14. The lowest BCUT2D eigenvalue weighted by atomic mass is 10.2. The number of nitrogens with zero attached hydrogens (tertiary/aromatic N) is 3. The Hall–Kier alpha value is -2.87. The van der Waals surface area contributed by atoms with Gasteiger partial charge >= 0.3 is 0 Å². The van der Waals surface area contributed by atoms with Crippen molar-refractivity contribution in [2.75, 3.05) is 7.11 Å². The first kappa shape index (κ1) is 21.8. The zero-order chi connectivity index (χ0) is 21.3. The highest BCUT2D eigenvalue weighted by Crippen LogP contribution is 2.23. The summed E-state index contributed by atoms with van der Waals surface area (Å²) >= 11 is 1.55. The molecule has 0 radical (unpaired) electrons. The first-order valence-corrected chi connectivity index (χ1v) is 10.8. The number of hydrogen-bond acceptors (Lipinski definition) is 5. The van der Waals surface area contributed by atoms with Crippen LogP contribution < -0.4 is 10.1 Å². The van der Waals surface area contributed by atoms with Crippen LogP contribution in [0.25, 0.3) is 0 Å². The third-order valence-electron chi connectivity index (χ3n) is 4.57. The molecule has 3 aromatic rings. The summed E-state index contributed by atoms with van der Waals surface area (Å²) < 4.78 is 20.3. The minimum Gasteiger partial charge on any atom is -0.497 e. The molecule has 6 nitrogen and oxygen atoms in total. The van der Waals surface area contributed by atoms with Gasteiger partial charge in [-0.2, -0.15) is 0 Å². The van der Waals surface area contributed by atoms with Crippen LogP contribution in [0, 0.1) is 5.82 Å². The van der Waals surface area contributed by atoms with Gasteiger partial charge in [-0.25, -0.2) is 4.39 Å². The van der Waals surface area contributed by atoms with E-state index in [1.807, 2.05) is 4.57 Å². The van der Waals surface area contributed by atoms with Crippen LogP contribution in [0.3, 0.4) is 0 Å². The molecule has 1 heterocycles. The summed E-state index contributed by atoms with van der Waals surface area (Å²) in [5.41, 5.74) is 1.57. The maximum atomic E-state index is 13.1. The molecule has 1 aromatic heterocycles. The molecule has 3 rings (SSSR count). The molecule has 1 N–H and O–H groups in total. The van der Waals surface area contributed by atoms with Crippen molar-refractivity contribution >= 4 is 17.7 Å². The van der Waals surface area contributed by atoms with Crippen molar-refractivity contribution in [2.45, 2.75) is 43.8 Å². The number of halogens is 1. The fourth-order valence-corrected chi connectivity index (χ4v) is 3.77. The summed E-state index contributed by atoms with van der Waals surface area (Å²) in [5, 5.41) is 12.3. The van der Waals surface area contributed by atoms with E-state index >= 15 is 0 Å².